The summed E-state index contributed by atoms with van der Waals surface area (Å²) in [5, 5.41) is 18.7. The molecular formula is C12H22N2O3. The molecule has 1 N–H and O–H groups in total. The van der Waals surface area contributed by atoms with E-state index in [4.69, 9.17) is 10.00 Å². The molecule has 0 aliphatic carbocycles. The molecule has 1 unspecified atom stereocenters. The second-order valence-electron chi connectivity index (χ2n) is 4.20. The van der Waals surface area contributed by atoms with E-state index < -0.39 is 11.5 Å². The number of ether oxygens (including phenoxy) is 1. The SMILES string of the molecule is CCC(C#N)(CC)C(=O)N(C)CC(O)COC. The topological polar surface area (TPSA) is 73.6 Å². The van der Waals surface area contributed by atoms with Gasteiger partial charge in [0.2, 0.25) is 5.91 Å². The monoisotopic (exact) mass is 242 g/mol. The number of methoxy groups -OCH3 is 1. The molecule has 0 spiro atoms. The van der Waals surface area contributed by atoms with E-state index in [1.807, 2.05) is 13.8 Å². The first-order chi connectivity index (χ1) is 7.97. The maximum atomic E-state index is 12.1. The molecule has 0 heterocycles. The Labute approximate surface area is 103 Å². The lowest BCUT2D eigenvalue weighted by molar-refractivity contribution is -0.139. The summed E-state index contributed by atoms with van der Waals surface area (Å²) >= 11 is 0. The van der Waals surface area contributed by atoms with Crippen molar-refractivity contribution in [3.05, 3.63) is 0 Å². The summed E-state index contributed by atoms with van der Waals surface area (Å²) in [7, 11) is 3.08. The average molecular weight is 242 g/mol. The number of aliphatic hydroxyl groups excluding tert-OH is 1. The average Bonchev–Trinajstić information content (AvgIpc) is 2.32. The third-order valence-corrected chi connectivity index (χ3v) is 3.02. The van der Waals surface area contributed by atoms with E-state index in [-0.39, 0.29) is 19.1 Å². The van der Waals surface area contributed by atoms with E-state index in [2.05, 4.69) is 6.07 Å². The molecule has 0 fully saturated rings. The fraction of sp³-hybridized carbons (Fsp3) is 0.833. The van der Waals surface area contributed by atoms with Crippen molar-refractivity contribution in [1.29, 1.82) is 5.26 Å². The first kappa shape index (κ1) is 15.9. The van der Waals surface area contributed by atoms with Crippen molar-refractivity contribution in [2.45, 2.75) is 32.8 Å². The molecule has 0 aliphatic heterocycles. The number of amides is 1. The van der Waals surface area contributed by atoms with Gasteiger partial charge in [0.1, 0.15) is 5.41 Å². The number of hydrogen-bond donors (Lipinski definition) is 1. The van der Waals surface area contributed by atoms with Gasteiger partial charge in [0.05, 0.1) is 18.8 Å². The van der Waals surface area contributed by atoms with Crippen LogP contribution in [0.5, 0.6) is 0 Å². The summed E-state index contributed by atoms with van der Waals surface area (Å²) in [4.78, 5) is 13.6. The minimum atomic E-state index is -0.971. The van der Waals surface area contributed by atoms with Gasteiger partial charge in [-0.05, 0) is 12.8 Å². The van der Waals surface area contributed by atoms with E-state index in [9.17, 15) is 9.90 Å². The van der Waals surface area contributed by atoms with Crippen LogP contribution in [0.3, 0.4) is 0 Å². The van der Waals surface area contributed by atoms with Gasteiger partial charge in [-0.15, -0.1) is 0 Å². The molecule has 0 aromatic carbocycles. The predicted molar refractivity (Wildman–Crippen MR) is 64.1 cm³/mol. The van der Waals surface area contributed by atoms with Crippen LogP contribution in [0.2, 0.25) is 0 Å². The molecule has 0 saturated heterocycles. The molecule has 1 atom stereocenters. The lowest BCUT2D eigenvalue weighted by Crippen LogP contribution is -2.44. The summed E-state index contributed by atoms with van der Waals surface area (Å²) in [6.45, 7) is 4.00. The van der Waals surface area contributed by atoms with E-state index in [0.29, 0.717) is 12.8 Å². The van der Waals surface area contributed by atoms with Crippen molar-refractivity contribution in [2.75, 3.05) is 27.3 Å². The molecule has 98 valence electrons. The lowest BCUT2D eigenvalue weighted by Gasteiger charge is -2.29. The quantitative estimate of drug-likeness (QED) is 0.716. The van der Waals surface area contributed by atoms with E-state index >= 15 is 0 Å². The number of likely N-dealkylation sites (N-methyl/N-ethyl adjacent to an activating group) is 1. The highest BCUT2D eigenvalue weighted by Gasteiger charge is 2.37. The van der Waals surface area contributed by atoms with Crippen LogP contribution in [-0.4, -0.2) is 49.3 Å². The van der Waals surface area contributed by atoms with Crippen molar-refractivity contribution < 1.29 is 14.6 Å². The standard InChI is InChI=1S/C12H22N2O3/c1-5-12(6-2,9-13)11(16)14(3)7-10(15)8-17-4/h10,15H,5-8H2,1-4H3. The molecule has 0 aromatic heterocycles. The Morgan fingerprint density at radius 1 is 1.53 bits per heavy atom. The number of hydrogen-bond acceptors (Lipinski definition) is 4. The van der Waals surface area contributed by atoms with Crippen molar-refractivity contribution in [3.63, 3.8) is 0 Å². The van der Waals surface area contributed by atoms with Crippen LogP contribution >= 0.6 is 0 Å². The minimum Gasteiger partial charge on any atom is -0.389 e. The Bertz CT molecular complexity index is 282. The summed E-state index contributed by atoms with van der Waals surface area (Å²) in [6, 6.07) is 2.10. The van der Waals surface area contributed by atoms with Gasteiger partial charge in [-0.3, -0.25) is 4.79 Å². The maximum Gasteiger partial charge on any atom is 0.242 e. The van der Waals surface area contributed by atoms with Crippen molar-refractivity contribution in [3.8, 4) is 6.07 Å². The van der Waals surface area contributed by atoms with Gasteiger partial charge in [0.15, 0.2) is 0 Å². The molecule has 0 bridgehead atoms. The molecule has 0 radical (unpaired) electrons. The van der Waals surface area contributed by atoms with Gasteiger partial charge in [0, 0.05) is 20.7 Å². The minimum absolute atomic E-state index is 0.176. The zero-order chi connectivity index (χ0) is 13.5. The summed E-state index contributed by atoms with van der Waals surface area (Å²) in [6.07, 6.45) is 0.228. The number of carbonyl (C=O) groups excluding carboxylic acids is 1. The van der Waals surface area contributed by atoms with Gasteiger partial charge in [-0.1, -0.05) is 13.8 Å². The normalized spacial score (nSPS) is 12.9. The number of carbonyl (C=O) groups is 1. The molecule has 17 heavy (non-hydrogen) atoms. The summed E-state index contributed by atoms with van der Waals surface area (Å²) in [5.41, 5.74) is -0.971. The van der Waals surface area contributed by atoms with Gasteiger partial charge in [-0.2, -0.15) is 5.26 Å². The highest BCUT2D eigenvalue weighted by molar-refractivity contribution is 5.85. The second kappa shape index (κ2) is 7.25. The number of rotatable bonds is 7. The van der Waals surface area contributed by atoms with Crippen molar-refractivity contribution >= 4 is 5.91 Å². The number of nitriles is 1. The van der Waals surface area contributed by atoms with Gasteiger partial charge in [-0.25, -0.2) is 0 Å². The first-order valence-electron chi connectivity index (χ1n) is 5.81. The van der Waals surface area contributed by atoms with E-state index in [0.717, 1.165) is 0 Å². The van der Waals surface area contributed by atoms with Gasteiger partial charge in [0.25, 0.3) is 0 Å². The Balaban J connectivity index is 4.63. The molecule has 1 amide bonds. The molecule has 5 nitrogen and oxygen atoms in total. The van der Waals surface area contributed by atoms with Crippen LogP contribution in [0.25, 0.3) is 0 Å². The zero-order valence-corrected chi connectivity index (χ0v) is 11.1. The van der Waals surface area contributed by atoms with E-state index in [1.165, 1.54) is 12.0 Å². The first-order valence-corrected chi connectivity index (χ1v) is 5.81. The third-order valence-electron chi connectivity index (χ3n) is 3.02. The van der Waals surface area contributed by atoms with Crippen molar-refractivity contribution in [2.24, 2.45) is 5.41 Å². The maximum absolute atomic E-state index is 12.1. The van der Waals surface area contributed by atoms with Crippen LogP contribution in [0.4, 0.5) is 0 Å². The van der Waals surface area contributed by atoms with Gasteiger partial charge >= 0.3 is 0 Å². The van der Waals surface area contributed by atoms with Crippen LogP contribution in [0.15, 0.2) is 0 Å². The molecule has 0 aromatic rings. The molecule has 5 heteroatoms. The predicted octanol–water partition coefficient (Wildman–Crippen LogP) is 0.782. The zero-order valence-electron chi connectivity index (χ0n) is 11.1. The Morgan fingerprint density at radius 3 is 2.41 bits per heavy atom. The molecule has 0 saturated carbocycles. The molecule has 0 aliphatic rings. The highest BCUT2D eigenvalue weighted by atomic mass is 16.5. The Morgan fingerprint density at radius 2 is 2.06 bits per heavy atom. The highest BCUT2D eigenvalue weighted by Crippen LogP contribution is 2.27. The van der Waals surface area contributed by atoms with Crippen LogP contribution in [0, 0.1) is 16.7 Å². The Kier molecular flexibility index (Phi) is 6.78. The lowest BCUT2D eigenvalue weighted by atomic mass is 9.82. The van der Waals surface area contributed by atoms with Crippen LogP contribution in [0.1, 0.15) is 26.7 Å². The Hall–Kier alpha value is -1.12. The second-order valence-corrected chi connectivity index (χ2v) is 4.20. The van der Waals surface area contributed by atoms with Crippen LogP contribution < -0.4 is 0 Å². The number of nitrogens with zero attached hydrogens (tertiary/aromatic N) is 2. The van der Waals surface area contributed by atoms with Crippen molar-refractivity contribution in [1.82, 2.24) is 4.90 Å². The molecule has 0 rings (SSSR count). The van der Waals surface area contributed by atoms with Crippen LogP contribution in [-0.2, 0) is 9.53 Å². The fourth-order valence-corrected chi connectivity index (χ4v) is 1.77. The smallest absolute Gasteiger partial charge is 0.242 e. The fourth-order valence-electron chi connectivity index (χ4n) is 1.77. The third kappa shape index (κ3) is 3.99. The summed E-state index contributed by atoms with van der Waals surface area (Å²) in [5.74, 6) is -0.236. The molecular weight excluding hydrogens is 220 g/mol. The van der Waals surface area contributed by atoms with Gasteiger partial charge < -0.3 is 14.7 Å². The van der Waals surface area contributed by atoms with E-state index in [1.54, 1.807) is 7.05 Å². The largest absolute Gasteiger partial charge is 0.389 e. The number of aliphatic hydroxyl groups is 1. The summed E-state index contributed by atoms with van der Waals surface area (Å²) < 4.78 is 4.80.